The molecule has 1 saturated heterocycles. The summed E-state index contributed by atoms with van der Waals surface area (Å²) in [6.07, 6.45) is -4.22. The lowest BCUT2D eigenvalue weighted by Gasteiger charge is -2.40. The van der Waals surface area contributed by atoms with Gasteiger partial charge in [0.05, 0.1) is 6.61 Å². The molecular weight excluding hydrogens is 368 g/mol. The van der Waals surface area contributed by atoms with E-state index < -0.39 is 37.1 Å². The molecule has 5 heteroatoms. The Labute approximate surface area is 171 Å². The minimum absolute atomic E-state index is 0.437. The monoisotopic (exact) mass is 396 g/mol. The van der Waals surface area contributed by atoms with Crippen molar-refractivity contribution in [1.82, 2.24) is 0 Å². The zero-order valence-electron chi connectivity index (χ0n) is 16.7. The minimum Gasteiger partial charge on any atom is -0.394 e. The van der Waals surface area contributed by atoms with E-state index in [1.807, 2.05) is 44.2 Å². The van der Waals surface area contributed by atoms with Gasteiger partial charge in [-0.2, -0.15) is 0 Å². The maximum atomic E-state index is 10.4. The van der Waals surface area contributed by atoms with Crippen LogP contribution in [0.3, 0.4) is 0 Å². The van der Waals surface area contributed by atoms with Crippen LogP contribution in [-0.2, 0) is 11.2 Å². The van der Waals surface area contributed by atoms with E-state index in [0.29, 0.717) is 12.0 Å². The Bertz CT molecular complexity index is 878. The first-order chi connectivity index (χ1) is 13.9. The molecule has 0 aromatic heterocycles. The second kappa shape index (κ2) is 9.53. The van der Waals surface area contributed by atoms with Gasteiger partial charge in [0.25, 0.3) is 0 Å². The number of hydrogen-bond donors (Lipinski definition) is 4. The molecule has 2 aromatic carbocycles. The van der Waals surface area contributed by atoms with E-state index in [1.54, 1.807) is 0 Å². The van der Waals surface area contributed by atoms with Gasteiger partial charge in [-0.15, -0.1) is 0 Å². The molecule has 0 saturated carbocycles. The summed E-state index contributed by atoms with van der Waals surface area (Å²) in [6.45, 7) is 3.60. The van der Waals surface area contributed by atoms with Crippen LogP contribution >= 0.6 is 0 Å². The molecule has 5 atom stereocenters. The highest BCUT2D eigenvalue weighted by Gasteiger charge is 2.43. The van der Waals surface area contributed by atoms with Crippen LogP contribution in [0, 0.1) is 18.8 Å². The van der Waals surface area contributed by atoms with Crippen LogP contribution in [0.15, 0.2) is 42.5 Å². The molecule has 5 nitrogen and oxygen atoms in total. The Morgan fingerprint density at radius 2 is 1.69 bits per heavy atom. The highest BCUT2D eigenvalue weighted by molar-refractivity contribution is 5.40. The zero-order chi connectivity index (χ0) is 21.0. The van der Waals surface area contributed by atoms with Gasteiger partial charge in [-0.25, -0.2) is 0 Å². The standard InChI is InChI=1S/C24H28O5/c1-3-4-5-16-7-9-17(10-8-16)12-19-13-18(11-6-15(19)2)24-23(28)22(27)21(26)20(14-25)29-24/h6-11,13,20-28H,3,12,14H2,1-2H3/t20-,21-,22+,23-,24+/m1/s1. The highest BCUT2D eigenvalue weighted by atomic mass is 16.5. The Kier molecular flexibility index (Phi) is 7.07. The zero-order valence-corrected chi connectivity index (χ0v) is 16.7. The average molecular weight is 396 g/mol. The van der Waals surface area contributed by atoms with Crippen LogP contribution in [0.4, 0.5) is 0 Å². The van der Waals surface area contributed by atoms with Gasteiger partial charge in [0.2, 0.25) is 0 Å². The van der Waals surface area contributed by atoms with Gasteiger partial charge in [-0.05, 0) is 47.7 Å². The largest absolute Gasteiger partial charge is 0.394 e. The van der Waals surface area contributed by atoms with E-state index in [1.165, 1.54) is 0 Å². The number of rotatable bonds is 4. The fourth-order valence-corrected chi connectivity index (χ4v) is 3.55. The molecule has 1 aliphatic heterocycles. The van der Waals surface area contributed by atoms with Gasteiger partial charge in [-0.1, -0.05) is 49.1 Å². The van der Waals surface area contributed by atoms with E-state index in [4.69, 9.17) is 4.74 Å². The van der Waals surface area contributed by atoms with Crippen molar-refractivity contribution in [3.63, 3.8) is 0 Å². The summed E-state index contributed by atoms with van der Waals surface area (Å²) < 4.78 is 5.69. The Morgan fingerprint density at radius 1 is 0.966 bits per heavy atom. The maximum absolute atomic E-state index is 10.4. The Morgan fingerprint density at radius 3 is 2.34 bits per heavy atom. The molecule has 0 radical (unpaired) electrons. The molecule has 1 heterocycles. The molecule has 0 aliphatic carbocycles. The summed E-state index contributed by atoms with van der Waals surface area (Å²) in [5.74, 6) is 6.17. The van der Waals surface area contributed by atoms with Crippen LogP contribution in [0.1, 0.15) is 47.3 Å². The molecule has 1 fully saturated rings. The summed E-state index contributed by atoms with van der Waals surface area (Å²) in [6, 6.07) is 13.9. The van der Waals surface area contributed by atoms with E-state index in [0.717, 1.165) is 28.7 Å². The molecule has 3 rings (SSSR count). The third-order valence-electron chi connectivity index (χ3n) is 5.35. The molecule has 29 heavy (non-hydrogen) atoms. The van der Waals surface area contributed by atoms with Gasteiger partial charge in [0, 0.05) is 12.0 Å². The first kappa shape index (κ1) is 21.5. The normalized spacial score (nSPS) is 26.6. The fraction of sp³-hybridized carbons (Fsp3) is 0.417. The van der Waals surface area contributed by atoms with Gasteiger partial charge in [-0.3, -0.25) is 0 Å². The maximum Gasteiger partial charge on any atom is 0.113 e. The molecule has 2 aromatic rings. The smallest absolute Gasteiger partial charge is 0.113 e. The third-order valence-corrected chi connectivity index (χ3v) is 5.35. The quantitative estimate of drug-likeness (QED) is 0.593. The van der Waals surface area contributed by atoms with Crippen molar-refractivity contribution in [2.24, 2.45) is 0 Å². The lowest BCUT2D eigenvalue weighted by atomic mass is 9.89. The fourth-order valence-electron chi connectivity index (χ4n) is 3.55. The SMILES string of the molecule is CCC#Cc1ccc(Cc2cc([C@@H]3O[C@H](CO)[C@@H](O)[C@H](O)[C@H]3O)ccc2C)cc1. The predicted molar refractivity (Wildman–Crippen MR) is 110 cm³/mol. The van der Waals surface area contributed by atoms with Crippen molar-refractivity contribution in [2.75, 3.05) is 6.61 Å². The Balaban J connectivity index is 1.82. The average Bonchev–Trinajstić information content (AvgIpc) is 2.73. The Hall–Kier alpha value is -2.20. The number of hydrogen-bond acceptors (Lipinski definition) is 5. The molecule has 154 valence electrons. The van der Waals surface area contributed by atoms with Crippen LogP contribution < -0.4 is 0 Å². The van der Waals surface area contributed by atoms with E-state index >= 15 is 0 Å². The van der Waals surface area contributed by atoms with Crippen molar-refractivity contribution in [1.29, 1.82) is 0 Å². The van der Waals surface area contributed by atoms with Gasteiger partial charge in [0.1, 0.15) is 30.5 Å². The van der Waals surface area contributed by atoms with E-state index in [9.17, 15) is 20.4 Å². The van der Waals surface area contributed by atoms with Crippen molar-refractivity contribution < 1.29 is 25.2 Å². The van der Waals surface area contributed by atoms with Gasteiger partial charge < -0.3 is 25.2 Å². The van der Waals surface area contributed by atoms with Crippen LogP contribution in [0.25, 0.3) is 0 Å². The lowest BCUT2D eigenvalue weighted by Crippen LogP contribution is -2.55. The molecule has 0 amide bonds. The number of benzene rings is 2. The molecular formula is C24H28O5. The number of aryl methyl sites for hydroxylation is 1. The van der Waals surface area contributed by atoms with E-state index in [-0.39, 0.29) is 0 Å². The second-order valence-corrected chi connectivity index (χ2v) is 7.46. The molecule has 1 aliphatic rings. The molecule has 4 N–H and O–H groups in total. The van der Waals surface area contributed by atoms with E-state index in [2.05, 4.69) is 24.0 Å². The number of aliphatic hydroxyl groups excluding tert-OH is 4. The summed E-state index contributed by atoms with van der Waals surface area (Å²) in [5.41, 5.74) is 5.01. The highest BCUT2D eigenvalue weighted by Crippen LogP contribution is 2.33. The summed E-state index contributed by atoms with van der Waals surface area (Å²) in [5, 5.41) is 39.9. The van der Waals surface area contributed by atoms with Crippen molar-refractivity contribution in [3.8, 4) is 11.8 Å². The summed E-state index contributed by atoms with van der Waals surface area (Å²) >= 11 is 0. The first-order valence-electron chi connectivity index (χ1n) is 9.92. The topological polar surface area (TPSA) is 90.2 Å². The number of aliphatic hydroxyl groups is 4. The van der Waals surface area contributed by atoms with Gasteiger partial charge >= 0.3 is 0 Å². The minimum atomic E-state index is -1.38. The van der Waals surface area contributed by atoms with Crippen molar-refractivity contribution in [3.05, 3.63) is 70.3 Å². The third kappa shape index (κ3) is 4.87. The predicted octanol–water partition coefficient (Wildman–Crippen LogP) is 1.86. The second-order valence-electron chi connectivity index (χ2n) is 7.46. The molecule has 0 bridgehead atoms. The summed E-state index contributed by atoms with van der Waals surface area (Å²) in [7, 11) is 0. The van der Waals surface area contributed by atoms with Crippen molar-refractivity contribution in [2.45, 2.75) is 57.2 Å². The lowest BCUT2D eigenvalue weighted by molar-refractivity contribution is -0.231. The summed E-state index contributed by atoms with van der Waals surface area (Å²) in [4.78, 5) is 0. The first-order valence-corrected chi connectivity index (χ1v) is 9.92. The van der Waals surface area contributed by atoms with Crippen LogP contribution in [-0.4, -0.2) is 51.4 Å². The number of ether oxygens (including phenoxy) is 1. The van der Waals surface area contributed by atoms with Crippen LogP contribution in [0.2, 0.25) is 0 Å². The molecule has 0 spiro atoms. The molecule has 0 unspecified atom stereocenters. The van der Waals surface area contributed by atoms with Gasteiger partial charge in [0.15, 0.2) is 0 Å². The van der Waals surface area contributed by atoms with Crippen LogP contribution in [0.5, 0.6) is 0 Å². The van der Waals surface area contributed by atoms with Crippen molar-refractivity contribution >= 4 is 0 Å².